The molecule has 23 heteroatoms. The molecule has 0 atom stereocenters. The van der Waals surface area contributed by atoms with E-state index >= 15 is 0 Å². The Bertz CT molecular complexity index is 3290. The minimum absolute atomic E-state index is 0.0726. The molecule has 9 rings (SSSR count). The first-order valence-corrected chi connectivity index (χ1v) is 30.0. The number of aromatic nitrogens is 1. The maximum absolute atomic E-state index is 11.6. The number of nitrogens with zero attached hydrogens (tertiary/aromatic N) is 5. The number of pyridine rings is 1. The topological polar surface area (TPSA) is 376 Å². The summed E-state index contributed by atoms with van der Waals surface area (Å²) in [7, 11) is 0. The zero-order valence-corrected chi connectivity index (χ0v) is 49.7. The number of guanidine groups is 3. The van der Waals surface area contributed by atoms with Gasteiger partial charge in [-0.3, -0.25) is 29.5 Å². The zero-order chi connectivity index (χ0) is 62.5. The third-order valence-electron chi connectivity index (χ3n) is 15.2. The molecule has 0 unspecified atom stereocenters. The lowest BCUT2D eigenvalue weighted by atomic mass is 9.89. The van der Waals surface area contributed by atoms with Gasteiger partial charge in [0.15, 0.2) is 17.9 Å². The minimum Gasteiger partial charge on any atom is -0.491 e. The van der Waals surface area contributed by atoms with Gasteiger partial charge in [-0.25, -0.2) is 15.0 Å². The fourth-order valence-electron chi connectivity index (χ4n) is 10.2. The van der Waals surface area contributed by atoms with Gasteiger partial charge in [0.1, 0.15) is 42.5 Å². The molecule has 0 aliphatic heterocycles. The maximum atomic E-state index is 11.6. The number of aliphatic imine (C=N–C) groups is 3. The van der Waals surface area contributed by atoms with Gasteiger partial charge in [0.2, 0.25) is 17.7 Å². The first kappa shape index (κ1) is 65.6. The summed E-state index contributed by atoms with van der Waals surface area (Å²) in [5.41, 5.74) is 39.3. The number of benzene rings is 5. The number of primary amides is 3. The highest BCUT2D eigenvalue weighted by Gasteiger charge is 2.20. The molecule has 5 aromatic carbocycles. The fraction of sp³-hybridized carbons (Fsp3) is 0.369. The molecule has 1 aromatic heterocycles. The van der Waals surface area contributed by atoms with Crippen LogP contribution in [-0.2, 0) is 13.2 Å². The van der Waals surface area contributed by atoms with Gasteiger partial charge < -0.3 is 69.9 Å². The Labute approximate surface area is 513 Å². The van der Waals surface area contributed by atoms with Crippen LogP contribution in [0.3, 0.4) is 0 Å². The molecule has 3 amide bonds. The number of carbonyl (C=O) groups is 3. The van der Waals surface area contributed by atoms with Crippen molar-refractivity contribution in [2.24, 2.45) is 67.1 Å². The molecule has 1 heterocycles. The van der Waals surface area contributed by atoms with Crippen molar-refractivity contribution < 1.29 is 33.5 Å². The quantitative estimate of drug-likeness (QED) is 0.0123. The summed E-state index contributed by atoms with van der Waals surface area (Å²) in [5.74, 6) is 2.94. The first-order valence-electron chi connectivity index (χ1n) is 30.0. The van der Waals surface area contributed by atoms with Crippen LogP contribution in [0.1, 0.15) is 139 Å². The molecule has 23 nitrogen and oxygen atoms in total. The predicted octanol–water partition coefficient (Wildman–Crippen LogP) is 10.2. The second kappa shape index (κ2) is 34.9. The Morgan fingerprint density at radius 1 is 0.500 bits per heavy atom. The summed E-state index contributed by atoms with van der Waals surface area (Å²) in [5, 5.41) is 22.7. The van der Waals surface area contributed by atoms with E-state index in [1.807, 2.05) is 60.7 Å². The number of ether oxygens (including phenoxy) is 3. The minimum atomic E-state index is -0.581. The van der Waals surface area contributed by atoms with Gasteiger partial charge in [0.25, 0.3) is 5.69 Å². The normalized spacial score (nSPS) is 15.0. The number of nitrogens with one attached hydrogen (secondary N) is 4. The van der Waals surface area contributed by atoms with E-state index in [2.05, 4.69) is 41.2 Å². The number of hydrogen-bond donors (Lipinski definition) is 10. The molecular weight excluding hydrogens is 1120 g/mol. The molecule has 3 saturated carbocycles. The Morgan fingerprint density at radius 2 is 0.920 bits per heavy atom. The summed E-state index contributed by atoms with van der Waals surface area (Å²) in [4.78, 5) is 61.8. The molecule has 0 saturated heterocycles. The molecule has 3 aliphatic rings. The lowest BCUT2D eigenvalue weighted by Crippen LogP contribution is -2.25. The number of carbonyl (C=O) groups excluding carboxylic acids is 3. The molecule has 6 aromatic rings. The highest BCUT2D eigenvalue weighted by atomic mass is 16.6. The van der Waals surface area contributed by atoms with Crippen molar-refractivity contribution in [3.63, 3.8) is 0 Å². The lowest BCUT2D eigenvalue weighted by molar-refractivity contribution is -0.385. The maximum Gasteiger partial charge on any atom is 0.287 e. The molecule has 466 valence electrons. The van der Waals surface area contributed by atoms with Gasteiger partial charge in [-0.2, -0.15) is 0 Å². The van der Waals surface area contributed by atoms with Crippen LogP contribution in [0.5, 0.6) is 17.2 Å². The lowest BCUT2D eigenvalue weighted by Gasteiger charge is -2.23. The molecule has 3 fully saturated rings. The first-order chi connectivity index (χ1) is 42.6. The molecule has 0 bridgehead atoms. The van der Waals surface area contributed by atoms with Crippen LogP contribution in [0.4, 0.5) is 28.6 Å². The van der Waals surface area contributed by atoms with Crippen molar-refractivity contribution in [3.8, 4) is 17.2 Å². The second-order valence-corrected chi connectivity index (χ2v) is 22.0. The zero-order valence-electron chi connectivity index (χ0n) is 49.7. The number of rotatable bonds is 23. The number of amides is 3. The van der Waals surface area contributed by atoms with Crippen molar-refractivity contribution in [2.45, 2.75) is 109 Å². The molecule has 3 aliphatic carbocycles. The highest BCUT2D eigenvalue weighted by Crippen LogP contribution is 2.32. The average Bonchev–Trinajstić information content (AvgIpc) is 3.58. The third-order valence-corrected chi connectivity index (χ3v) is 15.2. The van der Waals surface area contributed by atoms with Crippen molar-refractivity contribution in [1.29, 1.82) is 0 Å². The van der Waals surface area contributed by atoms with Crippen LogP contribution in [0.25, 0.3) is 0 Å². The molecule has 88 heavy (non-hydrogen) atoms. The van der Waals surface area contributed by atoms with E-state index in [1.165, 1.54) is 115 Å². The van der Waals surface area contributed by atoms with Crippen LogP contribution < -0.4 is 69.9 Å². The SMILES string of the molecule is NC(=O)c1ccc(NC(N)=NCC2CCCCC2)c(OCC2CCCCC2)c1.NC(=O)c1ccc(NC(N)=NCNc2ccc([N+](=O)[O-])cn2)c(OCc2ccccc2)c1.NC(=O)c1ccc(NC(N)=NCc2ccccc2)c(OCC2CCCCC2)c1. The Kier molecular flexibility index (Phi) is 26.0. The van der Waals surface area contributed by atoms with Crippen LogP contribution >= 0.6 is 0 Å². The van der Waals surface area contributed by atoms with Gasteiger partial charge in [-0.15, -0.1) is 0 Å². The van der Waals surface area contributed by atoms with E-state index in [1.54, 1.807) is 48.5 Å². The standard InChI is InChI=1S/C22H34N4O2.C22H28N4O2.C21H21N7O4/c2*23-21(27)18-11-12-19(20(13-18)28-15-17-9-5-2-6-10-17)26-22(24)25-14-16-7-3-1-4-8-16;22-20(29)15-6-8-17(18(10-15)32-12-14-4-2-1-3-5-14)27-21(23)26-13-25-19-9-7-16(11-24-19)28(30)31/h11-13,16-17H,1-10,14-15H2,(H2,23,27)(H3,24,25,26);1,3-4,7-8,11-13,17H,2,5-6,9-10,14-15H2,(H2,23,27)(H3,24,25,26);1-11H,12-13H2,(H2,22,29)(H,24,25)(H3,23,26,27). The molecule has 0 spiro atoms. The van der Waals surface area contributed by atoms with Crippen LogP contribution in [0.2, 0.25) is 0 Å². The van der Waals surface area contributed by atoms with Gasteiger partial charge in [0, 0.05) is 29.3 Å². The summed E-state index contributed by atoms with van der Waals surface area (Å²) in [6, 6.07) is 37.2. The van der Waals surface area contributed by atoms with Crippen LogP contribution in [-0.4, -0.2) is 71.9 Å². The second-order valence-electron chi connectivity index (χ2n) is 22.0. The highest BCUT2D eigenvalue weighted by molar-refractivity contribution is 5.99. The Balaban J connectivity index is 0.000000189. The number of anilines is 4. The van der Waals surface area contributed by atoms with Gasteiger partial charge >= 0.3 is 0 Å². The summed E-state index contributed by atoms with van der Waals surface area (Å²) in [6.45, 7) is 2.87. The van der Waals surface area contributed by atoms with E-state index in [9.17, 15) is 24.5 Å². The largest absolute Gasteiger partial charge is 0.491 e. The Morgan fingerprint density at radius 3 is 1.35 bits per heavy atom. The predicted molar refractivity (Wildman–Crippen MR) is 346 cm³/mol. The fourth-order valence-corrected chi connectivity index (χ4v) is 10.2. The summed E-state index contributed by atoms with van der Waals surface area (Å²) >= 11 is 0. The molecule has 0 radical (unpaired) electrons. The molecular formula is C65H83N15O8. The van der Waals surface area contributed by atoms with Crippen molar-refractivity contribution in [3.05, 3.63) is 172 Å². The van der Waals surface area contributed by atoms with Gasteiger partial charge in [-0.1, -0.05) is 118 Å². The monoisotopic (exact) mass is 1200 g/mol. The Hall–Kier alpha value is -9.93. The van der Waals surface area contributed by atoms with E-state index in [-0.39, 0.29) is 30.9 Å². The van der Waals surface area contributed by atoms with E-state index in [0.29, 0.717) is 94.6 Å². The van der Waals surface area contributed by atoms with Crippen LogP contribution in [0.15, 0.2) is 149 Å². The number of nitro groups is 1. The smallest absolute Gasteiger partial charge is 0.287 e. The van der Waals surface area contributed by atoms with Gasteiger partial charge in [-0.05, 0) is 128 Å². The number of hydrogen-bond acceptors (Lipinski definition) is 13. The van der Waals surface area contributed by atoms with Crippen molar-refractivity contribution in [1.82, 2.24) is 4.98 Å². The molecule has 16 N–H and O–H groups in total. The third kappa shape index (κ3) is 22.5. The summed E-state index contributed by atoms with van der Waals surface area (Å²) < 4.78 is 18.0. The van der Waals surface area contributed by atoms with E-state index in [0.717, 1.165) is 29.6 Å². The van der Waals surface area contributed by atoms with Crippen LogP contribution in [0, 0.1) is 27.9 Å². The van der Waals surface area contributed by atoms with Crippen molar-refractivity contribution >= 4 is 64.2 Å². The summed E-state index contributed by atoms with van der Waals surface area (Å²) in [6.07, 6.45) is 19.9. The number of nitrogens with two attached hydrogens (primary N) is 6. The van der Waals surface area contributed by atoms with E-state index in [4.69, 9.17) is 48.6 Å². The average molecular weight is 1200 g/mol. The van der Waals surface area contributed by atoms with Gasteiger partial charge in [0.05, 0.1) is 41.7 Å². The van der Waals surface area contributed by atoms with Crippen molar-refractivity contribution in [2.75, 3.05) is 47.7 Å². The van der Waals surface area contributed by atoms with E-state index < -0.39 is 22.6 Å².